The maximum Gasteiger partial charge on any atom is 0.263 e. The Morgan fingerprint density at radius 3 is 2.25 bits per heavy atom. The minimum Gasteiger partial charge on any atom is -0.322 e. The monoisotopic (exact) mass is 470 g/mol. The van der Waals surface area contributed by atoms with Crippen LogP contribution in [0.25, 0.3) is 0 Å². The van der Waals surface area contributed by atoms with Crippen molar-refractivity contribution in [1.29, 1.82) is 0 Å². The van der Waals surface area contributed by atoms with Gasteiger partial charge in [0.05, 0.1) is 5.02 Å². The molecule has 2 N–H and O–H groups in total. The molecule has 0 aromatic heterocycles. The Bertz CT molecular complexity index is 1220. The van der Waals surface area contributed by atoms with Crippen LogP contribution in [0.2, 0.25) is 5.02 Å². The summed E-state index contributed by atoms with van der Waals surface area (Å²) >= 11 is 6.18. The molecule has 0 radical (unpaired) electrons. The fraction of sp³-hybridized carbons (Fsp3) is 0.240. The summed E-state index contributed by atoms with van der Waals surface area (Å²) in [4.78, 5) is 12.6. The van der Waals surface area contributed by atoms with Crippen LogP contribution in [0.4, 0.5) is 11.4 Å². The van der Waals surface area contributed by atoms with Gasteiger partial charge in [-0.1, -0.05) is 43.1 Å². The predicted octanol–water partition coefficient (Wildman–Crippen LogP) is 6.35. The van der Waals surface area contributed by atoms with Gasteiger partial charge in [0, 0.05) is 16.9 Å². The van der Waals surface area contributed by atoms with E-state index >= 15 is 0 Å². The van der Waals surface area contributed by atoms with Crippen molar-refractivity contribution < 1.29 is 13.2 Å². The Labute approximate surface area is 194 Å². The summed E-state index contributed by atoms with van der Waals surface area (Å²) in [5.74, 6) is -0.411. The van der Waals surface area contributed by atoms with Gasteiger partial charge in [-0.2, -0.15) is 0 Å². The summed E-state index contributed by atoms with van der Waals surface area (Å²) in [5.41, 5.74) is 4.50. The summed E-state index contributed by atoms with van der Waals surface area (Å²) in [6.45, 7) is 6.00. The van der Waals surface area contributed by atoms with Gasteiger partial charge in [0.15, 0.2) is 0 Å². The van der Waals surface area contributed by atoms with E-state index in [4.69, 9.17) is 11.6 Å². The third-order valence-electron chi connectivity index (χ3n) is 5.27. The van der Waals surface area contributed by atoms with Gasteiger partial charge >= 0.3 is 0 Å². The molecule has 0 heterocycles. The molecule has 0 fully saturated rings. The van der Waals surface area contributed by atoms with E-state index in [1.54, 1.807) is 12.1 Å². The number of carbonyl (C=O) groups excluding carboxylic acids is 1. The maximum absolute atomic E-state index is 12.9. The molecular weight excluding hydrogens is 444 g/mol. The van der Waals surface area contributed by atoms with Gasteiger partial charge in [0.2, 0.25) is 0 Å². The lowest BCUT2D eigenvalue weighted by Crippen LogP contribution is -2.16. The van der Waals surface area contributed by atoms with Crippen LogP contribution in [0.1, 0.15) is 46.8 Å². The fourth-order valence-corrected chi connectivity index (χ4v) is 4.78. The van der Waals surface area contributed by atoms with Crippen molar-refractivity contribution in [2.45, 2.75) is 44.9 Å². The Morgan fingerprint density at radius 1 is 0.906 bits per heavy atom. The van der Waals surface area contributed by atoms with Crippen LogP contribution in [0, 0.1) is 13.8 Å². The van der Waals surface area contributed by atoms with Gasteiger partial charge < -0.3 is 5.32 Å². The summed E-state index contributed by atoms with van der Waals surface area (Å²) in [7, 11) is -3.98. The van der Waals surface area contributed by atoms with E-state index in [-0.39, 0.29) is 15.5 Å². The molecule has 0 saturated carbocycles. The van der Waals surface area contributed by atoms with Crippen LogP contribution < -0.4 is 10.0 Å². The Hall–Kier alpha value is -2.83. The first-order chi connectivity index (χ1) is 15.2. The number of amides is 1. The van der Waals surface area contributed by atoms with Crippen LogP contribution >= 0.6 is 11.6 Å². The molecule has 3 aromatic carbocycles. The van der Waals surface area contributed by atoms with E-state index in [0.29, 0.717) is 11.4 Å². The summed E-state index contributed by atoms with van der Waals surface area (Å²) < 4.78 is 28.4. The molecular formula is C25H27ClN2O3S. The van der Waals surface area contributed by atoms with E-state index in [2.05, 4.69) is 17.0 Å². The van der Waals surface area contributed by atoms with Crippen LogP contribution in [0.3, 0.4) is 0 Å². The summed E-state index contributed by atoms with van der Waals surface area (Å²) in [5, 5.41) is 2.85. The van der Waals surface area contributed by atoms with Gasteiger partial charge in [-0.3, -0.25) is 9.52 Å². The molecule has 0 spiro atoms. The highest BCUT2D eigenvalue weighted by molar-refractivity contribution is 7.92. The molecule has 7 heteroatoms. The molecule has 0 atom stereocenters. The highest BCUT2D eigenvalue weighted by Crippen LogP contribution is 2.26. The maximum atomic E-state index is 12.9. The number of carbonyl (C=O) groups is 1. The zero-order valence-electron chi connectivity index (χ0n) is 18.4. The predicted molar refractivity (Wildman–Crippen MR) is 131 cm³/mol. The number of unbranched alkanes of at least 4 members (excludes halogenated alkanes) is 1. The van der Waals surface area contributed by atoms with Crippen LogP contribution in [0.5, 0.6) is 0 Å². The van der Waals surface area contributed by atoms with Gasteiger partial charge in [-0.05, 0) is 85.8 Å². The molecule has 32 heavy (non-hydrogen) atoms. The first kappa shape index (κ1) is 23.8. The number of halogens is 1. The third-order valence-corrected chi connectivity index (χ3v) is 7.14. The van der Waals surface area contributed by atoms with Crippen LogP contribution in [0.15, 0.2) is 65.6 Å². The lowest BCUT2D eigenvalue weighted by atomic mass is 10.1. The smallest absolute Gasteiger partial charge is 0.263 e. The first-order valence-corrected chi connectivity index (χ1v) is 12.4. The number of rotatable bonds is 8. The average Bonchev–Trinajstić information content (AvgIpc) is 2.75. The zero-order valence-corrected chi connectivity index (χ0v) is 20.0. The Kier molecular flexibility index (Phi) is 7.59. The highest BCUT2D eigenvalue weighted by Gasteiger charge is 2.21. The second kappa shape index (κ2) is 10.2. The number of aryl methyl sites for hydroxylation is 3. The number of hydrogen-bond acceptors (Lipinski definition) is 3. The second-order valence-corrected chi connectivity index (χ2v) is 9.86. The lowest BCUT2D eigenvalue weighted by Gasteiger charge is -2.12. The normalized spacial score (nSPS) is 11.2. The van der Waals surface area contributed by atoms with Crippen molar-refractivity contribution in [2.75, 3.05) is 10.0 Å². The van der Waals surface area contributed by atoms with Crippen molar-refractivity contribution in [3.05, 3.63) is 87.9 Å². The number of sulfonamides is 1. The first-order valence-electron chi connectivity index (χ1n) is 10.5. The topological polar surface area (TPSA) is 75.3 Å². The van der Waals surface area contributed by atoms with E-state index < -0.39 is 15.9 Å². The molecule has 168 valence electrons. The molecule has 3 rings (SSSR count). The van der Waals surface area contributed by atoms with Gasteiger partial charge in [0.25, 0.3) is 15.9 Å². The van der Waals surface area contributed by atoms with Gasteiger partial charge in [-0.15, -0.1) is 0 Å². The third kappa shape index (κ3) is 5.90. The Morgan fingerprint density at radius 2 is 1.59 bits per heavy atom. The lowest BCUT2D eigenvalue weighted by molar-refractivity contribution is 0.102. The summed E-state index contributed by atoms with van der Waals surface area (Å²) in [6.07, 6.45) is 3.24. The van der Waals surface area contributed by atoms with Crippen molar-refractivity contribution in [1.82, 2.24) is 0 Å². The minimum absolute atomic E-state index is 0.0400. The SMILES string of the molecule is CCCCc1ccc(NC(=O)c2ccc(Cl)c(S(=O)(=O)Nc3ccc(C)c(C)c3)c2)cc1. The largest absolute Gasteiger partial charge is 0.322 e. The molecule has 5 nitrogen and oxygen atoms in total. The fourth-order valence-electron chi connectivity index (χ4n) is 3.20. The van der Waals surface area contributed by atoms with E-state index in [9.17, 15) is 13.2 Å². The molecule has 3 aromatic rings. The van der Waals surface area contributed by atoms with Crippen molar-refractivity contribution in [3.63, 3.8) is 0 Å². The van der Waals surface area contributed by atoms with E-state index in [1.807, 2.05) is 44.2 Å². The molecule has 0 aliphatic heterocycles. The van der Waals surface area contributed by atoms with Crippen LogP contribution in [-0.4, -0.2) is 14.3 Å². The van der Waals surface area contributed by atoms with Crippen molar-refractivity contribution in [2.24, 2.45) is 0 Å². The van der Waals surface area contributed by atoms with E-state index in [1.165, 1.54) is 23.8 Å². The molecule has 0 saturated heterocycles. The Balaban J connectivity index is 1.79. The number of anilines is 2. The number of hydrogen-bond donors (Lipinski definition) is 2. The standard InChI is InChI=1S/C25H27ClN2O3S/c1-4-5-6-19-8-12-21(13-9-19)27-25(29)20-10-14-23(26)24(16-20)32(30,31)28-22-11-7-17(2)18(3)15-22/h7-16,28H,4-6H2,1-3H3,(H,27,29). The van der Waals surface area contributed by atoms with Crippen molar-refractivity contribution in [3.8, 4) is 0 Å². The van der Waals surface area contributed by atoms with E-state index in [0.717, 1.165) is 30.4 Å². The molecule has 1 amide bonds. The number of benzene rings is 3. The molecule has 0 bridgehead atoms. The highest BCUT2D eigenvalue weighted by atomic mass is 35.5. The summed E-state index contributed by atoms with van der Waals surface area (Å²) in [6, 6.07) is 17.1. The molecule has 0 aliphatic carbocycles. The minimum atomic E-state index is -3.98. The zero-order chi connectivity index (χ0) is 23.3. The van der Waals surface area contributed by atoms with Gasteiger partial charge in [0.1, 0.15) is 4.90 Å². The van der Waals surface area contributed by atoms with Gasteiger partial charge in [-0.25, -0.2) is 8.42 Å². The second-order valence-electron chi connectivity index (χ2n) is 7.80. The molecule has 0 unspecified atom stereocenters. The molecule has 0 aliphatic rings. The average molecular weight is 471 g/mol. The quantitative estimate of drug-likeness (QED) is 0.402. The van der Waals surface area contributed by atoms with Crippen molar-refractivity contribution >= 4 is 38.9 Å². The van der Waals surface area contributed by atoms with Crippen LogP contribution in [-0.2, 0) is 16.4 Å². The number of nitrogens with one attached hydrogen (secondary N) is 2.